The zero-order chi connectivity index (χ0) is 13.7. The summed E-state index contributed by atoms with van der Waals surface area (Å²) in [6, 6.07) is 5.86. The van der Waals surface area contributed by atoms with Crippen LogP contribution in [-0.4, -0.2) is 32.8 Å². The van der Waals surface area contributed by atoms with Gasteiger partial charge in [-0.3, -0.25) is 0 Å². The minimum absolute atomic E-state index is 0.287. The number of nitrogens with zero attached hydrogens (tertiary/aromatic N) is 4. The molecule has 0 bridgehead atoms. The van der Waals surface area contributed by atoms with Crippen LogP contribution in [0.3, 0.4) is 0 Å². The number of halogens is 1. The lowest BCUT2D eigenvalue weighted by atomic mass is 10.2. The van der Waals surface area contributed by atoms with E-state index in [-0.39, 0.29) is 12.4 Å². The van der Waals surface area contributed by atoms with E-state index in [2.05, 4.69) is 15.5 Å². The Bertz CT molecular complexity index is 609. The summed E-state index contributed by atoms with van der Waals surface area (Å²) < 4.78 is 19.1. The van der Waals surface area contributed by atoms with Crippen LogP contribution < -0.4 is 0 Å². The standard InChI is InChI=1S/C12H11FN4O2/c1-2-19-11(18)6-7-17-12(14-15-16-17)9-4-3-5-10(13)8-9/h3-8H,2H2,1H3/b7-6+. The van der Waals surface area contributed by atoms with Gasteiger partial charge in [0.25, 0.3) is 0 Å². The van der Waals surface area contributed by atoms with Crippen molar-refractivity contribution in [1.29, 1.82) is 0 Å². The van der Waals surface area contributed by atoms with Gasteiger partial charge in [0.15, 0.2) is 5.82 Å². The van der Waals surface area contributed by atoms with Gasteiger partial charge in [-0.15, -0.1) is 5.10 Å². The van der Waals surface area contributed by atoms with Crippen molar-refractivity contribution in [3.05, 3.63) is 36.2 Å². The van der Waals surface area contributed by atoms with Crippen molar-refractivity contribution in [3.63, 3.8) is 0 Å². The van der Waals surface area contributed by atoms with Crippen LogP contribution in [0.5, 0.6) is 0 Å². The summed E-state index contributed by atoms with van der Waals surface area (Å²) in [7, 11) is 0. The van der Waals surface area contributed by atoms with Crippen molar-refractivity contribution in [2.45, 2.75) is 6.92 Å². The van der Waals surface area contributed by atoms with Crippen LogP contribution in [0, 0.1) is 5.82 Å². The maximum Gasteiger partial charge on any atom is 0.332 e. The third-order valence-corrected chi connectivity index (χ3v) is 2.21. The average molecular weight is 262 g/mol. The maximum atomic E-state index is 13.1. The van der Waals surface area contributed by atoms with E-state index < -0.39 is 5.97 Å². The molecule has 0 saturated carbocycles. The van der Waals surface area contributed by atoms with Gasteiger partial charge < -0.3 is 4.74 Å². The molecule has 0 aliphatic rings. The highest BCUT2D eigenvalue weighted by atomic mass is 19.1. The molecule has 98 valence electrons. The number of hydrogen-bond donors (Lipinski definition) is 0. The molecule has 0 unspecified atom stereocenters. The van der Waals surface area contributed by atoms with Crippen molar-refractivity contribution in [2.24, 2.45) is 0 Å². The monoisotopic (exact) mass is 262 g/mol. The van der Waals surface area contributed by atoms with Crippen molar-refractivity contribution < 1.29 is 13.9 Å². The first-order valence-corrected chi connectivity index (χ1v) is 5.59. The number of benzene rings is 1. The Morgan fingerprint density at radius 3 is 3.11 bits per heavy atom. The highest BCUT2D eigenvalue weighted by Gasteiger charge is 2.08. The van der Waals surface area contributed by atoms with Crippen LogP contribution in [0.15, 0.2) is 30.3 Å². The summed E-state index contributed by atoms with van der Waals surface area (Å²) in [6.07, 6.45) is 2.56. The molecule has 1 heterocycles. The van der Waals surface area contributed by atoms with Gasteiger partial charge in [-0.2, -0.15) is 4.68 Å². The molecule has 0 atom stereocenters. The van der Waals surface area contributed by atoms with Crippen LogP contribution in [0.4, 0.5) is 4.39 Å². The molecular formula is C12H11FN4O2. The number of carbonyl (C=O) groups is 1. The number of rotatable bonds is 4. The second-order valence-electron chi connectivity index (χ2n) is 3.53. The number of tetrazole rings is 1. The summed E-state index contributed by atoms with van der Waals surface area (Å²) in [6.45, 7) is 2.00. The Morgan fingerprint density at radius 1 is 1.53 bits per heavy atom. The van der Waals surface area contributed by atoms with Gasteiger partial charge in [-0.05, 0) is 29.5 Å². The number of esters is 1. The summed E-state index contributed by atoms with van der Waals surface area (Å²) >= 11 is 0. The predicted molar refractivity (Wildman–Crippen MR) is 65.2 cm³/mol. The van der Waals surface area contributed by atoms with Gasteiger partial charge in [-0.25, -0.2) is 9.18 Å². The molecule has 6 nitrogen and oxygen atoms in total. The van der Waals surface area contributed by atoms with E-state index in [1.54, 1.807) is 19.1 Å². The van der Waals surface area contributed by atoms with Crippen LogP contribution in [0.1, 0.15) is 6.92 Å². The van der Waals surface area contributed by atoms with E-state index in [9.17, 15) is 9.18 Å². The molecule has 1 aromatic carbocycles. The largest absolute Gasteiger partial charge is 0.463 e. The van der Waals surface area contributed by atoms with Gasteiger partial charge in [0, 0.05) is 17.8 Å². The molecule has 0 aliphatic heterocycles. The van der Waals surface area contributed by atoms with E-state index in [1.807, 2.05) is 0 Å². The third-order valence-electron chi connectivity index (χ3n) is 2.21. The molecule has 0 fully saturated rings. The molecule has 0 aliphatic carbocycles. The van der Waals surface area contributed by atoms with Gasteiger partial charge in [-0.1, -0.05) is 12.1 Å². The van der Waals surface area contributed by atoms with E-state index in [0.717, 1.165) is 0 Å². The number of hydrogen-bond acceptors (Lipinski definition) is 5. The van der Waals surface area contributed by atoms with Crippen LogP contribution in [-0.2, 0) is 9.53 Å². The average Bonchev–Trinajstić information content (AvgIpc) is 2.85. The van der Waals surface area contributed by atoms with E-state index >= 15 is 0 Å². The molecule has 0 amide bonds. The summed E-state index contributed by atoms with van der Waals surface area (Å²) in [5, 5.41) is 11.0. The quantitative estimate of drug-likeness (QED) is 0.617. The highest BCUT2D eigenvalue weighted by molar-refractivity contribution is 5.85. The van der Waals surface area contributed by atoms with Gasteiger partial charge in [0.1, 0.15) is 5.82 Å². The second kappa shape index (κ2) is 5.85. The Hall–Kier alpha value is -2.57. The fourth-order valence-electron chi connectivity index (χ4n) is 1.43. The molecule has 0 saturated heterocycles. The Kier molecular flexibility index (Phi) is 3.97. The molecule has 2 rings (SSSR count). The fraction of sp³-hybridized carbons (Fsp3) is 0.167. The molecule has 0 N–H and O–H groups in total. The Balaban J connectivity index is 2.25. The van der Waals surface area contributed by atoms with Gasteiger partial charge in [0.05, 0.1) is 6.61 Å². The molecule has 19 heavy (non-hydrogen) atoms. The summed E-state index contributed by atoms with van der Waals surface area (Å²) in [4.78, 5) is 11.2. The van der Waals surface area contributed by atoms with Crippen LogP contribution in [0.2, 0.25) is 0 Å². The minimum Gasteiger partial charge on any atom is -0.463 e. The smallest absolute Gasteiger partial charge is 0.332 e. The lowest BCUT2D eigenvalue weighted by molar-refractivity contribution is -0.137. The zero-order valence-electron chi connectivity index (χ0n) is 10.2. The highest BCUT2D eigenvalue weighted by Crippen LogP contribution is 2.16. The molecule has 7 heteroatoms. The zero-order valence-corrected chi connectivity index (χ0v) is 10.2. The summed E-state index contributed by atoms with van der Waals surface area (Å²) in [5.74, 6) is -0.551. The SMILES string of the molecule is CCOC(=O)/C=C/n1nnnc1-c1cccc(F)c1. The first-order chi connectivity index (χ1) is 9.20. The molecule has 0 spiro atoms. The Morgan fingerprint density at radius 2 is 2.37 bits per heavy atom. The topological polar surface area (TPSA) is 69.9 Å². The molecule has 1 aromatic heterocycles. The van der Waals surface area contributed by atoms with Crippen LogP contribution in [0.25, 0.3) is 17.6 Å². The Labute approximate surface area is 108 Å². The number of carbonyl (C=O) groups excluding carboxylic acids is 1. The van der Waals surface area contributed by atoms with Crippen LogP contribution >= 0.6 is 0 Å². The lowest BCUT2D eigenvalue weighted by Crippen LogP contribution is -2.01. The van der Waals surface area contributed by atoms with Crippen molar-refractivity contribution in [3.8, 4) is 11.4 Å². The first kappa shape index (κ1) is 12.9. The first-order valence-electron chi connectivity index (χ1n) is 5.59. The van der Waals surface area contributed by atoms with Crippen molar-refractivity contribution in [1.82, 2.24) is 20.2 Å². The number of ether oxygens (including phenoxy) is 1. The van der Waals surface area contributed by atoms with Gasteiger partial charge >= 0.3 is 5.97 Å². The lowest BCUT2D eigenvalue weighted by Gasteiger charge is -1.99. The molecule has 0 radical (unpaired) electrons. The number of aromatic nitrogens is 4. The third kappa shape index (κ3) is 3.21. The second-order valence-corrected chi connectivity index (χ2v) is 3.53. The van der Waals surface area contributed by atoms with Crippen molar-refractivity contribution in [2.75, 3.05) is 6.61 Å². The van der Waals surface area contributed by atoms with Crippen molar-refractivity contribution >= 4 is 12.2 Å². The van der Waals surface area contributed by atoms with E-state index in [0.29, 0.717) is 11.4 Å². The minimum atomic E-state index is -0.497. The fourth-order valence-corrected chi connectivity index (χ4v) is 1.43. The molecular weight excluding hydrogens is 251 g/mol. The maximum absolute atomic E-state index is 13.1. The normalized spacial score (nSPS) is 10.8. The van der Waals surface area contributed by atoms with E-state index in [4.69, 9.17) is 4.74 Å². The van der Waals surface area contributed by atoms with E-state index in [1.165, 1.54) is 29.1 Å². The van der Waals surface area contributed by atoms with Gasteiger partial charge in [0.2, 0.25) is 0 Å². The summed E-state index contributed by atoms with van der Waals surface area (Å²) in [5.41, 5.74) is 0.513. The predicted octanol–water partition coefficient (Wildman–Crippen LogP) is 1.51. The molecule has 2 aromatic rings.